The van der Waals surface area contributed by atoms with Gasteiger partial charge >= 0.3 is 0 Å². The predicted molar refractivity (Wildman–Crippen MR) is 149 cm³/mol. The fourth-order valence-corrected chi connectivity index (χ4v) is 4.52. The second kappa shape index (κ2) is 11.1. The Bertz CT molecular complexity index is 1510. The van der Waals surface area contributed by atoms with Gasteiger partial charge in [-0.1, -0.05) is 79.7 Å². The van der Waals surface area contributed by atoms with E-state index in [1.165, 1.54) is 0 Å². The molecule has 5 rings (SSSR count). The van der Waals surface area contributed by atoms with Crippen LogP contribution in [-0.2, 0) is 6.42 Å². The number of hydrogen-bond acceptors (Lipinski definition) is 3. The van der Waals surface area contributed by atoms with Crippen LogP contribution in [0.2, 0.25) is 0 Å². The summed E-state index contributed by atoms with van der Waals surface area (Å²) < 4.78 is 5.89. The molecule has 1 heterocycles. The Labute approximate surface area is 216 Å². The molecule has 1 aromatic heterocycles. The molecule has 1 amide bonds. The molecule has 0 aliphatic rings. The van der Waals surface area contributed by atoms with Gasteiger partial charge in [0.1, 0.15) is 12.0 Å². The molecule has 5 heteroatoms. The average Bonchev–Trinajstić information content (AvgIpc) is 3.35. The van der Waals surface area contributed by atoms with E-state index < -0.39 is 6.23 Å². The molecule has 0 bridgehead atoms. The quantitative estimate of drug-likeness (QED) is 0.204. The smallest absolute Gasteiger partial charge is 0.257 e. The maximum Gasteiger partial charge on any atom is 0.257 e. The highest BCUT2D eigenvalue weighted by Crippen LogP contribution is 2.30. The van der Waals surface area contributed by atoms with Gasteiger partial charge in [-0.2, -0.15) is 0 Å². The molecule has 186 valence electrons. The van der Waals surface area contributed by atoms with Gasteiger partial charge in [-0.15, -0.1) is 0 Å². The summed E-state index contributed by atoms with van der Waals surface area (Å²) in [4.78, 5) is 16.6. The molecule has 5 aromatic rings. The Kier molecular flexibility index (Phi) is 7.33. The van der Waals surface area contributed by atoms with Crippen LogP contribution in [0, 0.1) is 0 Å². The van der Waals surface area contributed by atoms with Crippen molar-refractivity contribution < 1.29 is 14.6 Å². The Hall–Kier alpha value is -4.35. The van der Waals surface area contributed by atoms with E-state index in [2.05, 4.69) is 34.6 Å². The highest BCUT2D eigenvalue weighted by molar-refractivity contribution is 5.98. The number of aromatic amines is 1. The highest BCUT2D eigenvalue weighted by atomic mass is 16.5. The standard InChI is InChI=1S/C32H30N2O3/c1-2-17-37-30-16-15-25(24-12-8-11-23(18-24)22-9-4-3-5-10-22)19-28(30)32(36)34-31(35)20-26-21-33-29-14-7-6-13-27(26)29/h3-16,18-19,21,31,33,35H,2,17,20H2,1H3,(H,34,36). The van der Waals surface area contributed by atoms with Crippen LogP contribution in [0.4, 0.5) is 0 Å². The maximum atomic E-state index is 13.3. The summed E-state index contributed by atoms with van der Waals surface area (Å²) in [5.74, 6) is 0.126. The van der Waals surface area contributed by atoms with Gasteiger partial charge in [-0.25, -0.2) is 0 Å². The first kappa shape index (κ1) is 24.3. The van der Waals surface area contributed by atoms with Crippen molar-refractivity contribution in [2.75, 3.05) is 6.61 Å². The Balaban J connectivity index is 1.40. The molecule has 5 nitrogen and oxygen atoms in total. The molecule has 0 aliphatic heterocycles. The number of nitrogens with one attached hydrogen (secondary N) is 2. The van der Waals surface area contributed by atoms with Gasteiger partial charge in [0.2, 0.25) is 0 Å². The molecule has 3 N–H and O–H groups in total. The number of carbonyl (C=O) groups excluding carboxylic acids is 1. The van der Waals surface area contributed by atoms with Gasteiger partial charge in [0, 0.05) is 23.5 Å². The zero-order valence-corrected chi connectivity index (χ0v) is 20.8. The summed E-state index contributed by atoms with van der Waals surface area (Å²) in [6.45, 7) is 2.52. The number of aliphatic hydroxyl groups excluding tert-OH is 1. The molecule has 0 fully saturated rings. The first-order valence-electron chi connectivity index (χ1n) is 12.6. The number of carbonyl (C=O) groups is 1. The molecule has 1 atom stereocenters. The van der Waals surface area contributed by atoms with Gasteiger partial charge in [0.15, 0.2) is 0 Å². The summed E-state index contributed by atoms with van der Waals surface area (Å²) in [7, 11) is 0. The van der Waals surface area contributed by atoms with Crippen LogP contribution in [0.5, 0.6) is 5.75 Å². The van der Waals surface area contributed by atoms with Gasteiger partial charge in [-0.05, 0) is 58.5 Å². The van der Waals surface area contributed by atoms with Crippen LogP contribution in [0.15, 0.2) is 103 Å². The van der Waals surface area contributed by atoms with Crippen LogP contribution in [0.1, 0.15) is 29.3 Å². The Morgan fingerprint density at radius 1 is 0.865 bits per heavy atom. The number of hydrogen-bond donors (Lipinski definition) is 3. The summed E-state index contributed by atoms with van der Waals surface area (Å²) in [5.41, 5.74) is 6.47. The van der Waals surface area contributed by atoms with Crippen molar-refractivity contribution in [3.8, 4) is 28.0 Å². The number of aromatic nitrogens is 1. The first-order valence-corrected chi connectivity index (χ1v) is 12.6. The molecule has 0 saturated heterocycles. The largest absolute Gasteiger partial charge is 0.493 e. The lowest BCUT2D eigenvalue weighted by molar-refractivity contribution is 0.0782. The molecule has 0 aliphatic carbocycles. The molecule has 4 aromatic carbocycles. The zero-order valence-electron chi connectivity index (χ0n) is 20.8. The van der Waals surface area contributed by atoms with Crippen molar-refractivity contribution in [1.29, 1.82) is 0 Å². The van der Waals surface area contributed by atoms with Gasteiger partial charge in [-0.3, -0.25) is 4.79 Å². The van der Waals surface area contributed by atoms with E-state index in [0.29, 0.717) is 24.3 Å². The lowest BCUT2D eigenvalue weighted by Gasteiger charge is -2.16. The van der Waals surface area contributed by atoms with E-state index in [0.717, 1.165) is 45.1 Å². The fraction of sp³-hybridized carbons (Fsp3) is 0.156. The summed E-state index contributed by atoms with van der Waals surface area (Å²) in [6.07, 6.45) is 1.94. The van der Waals surface area contributed by atoms with Crippen molar-refractivity contribution >= 4 is 16.8 Å². The lowest BCUT2D eigenvalue weighted by atomic mass is 9.97. The van der Waals surface area contributed by atoms with E-state index in [9.17, 15) is 9.90 Å². The number of benzene rings is 4. The van der Waals surface area contributed by atoms with Crippen molar-refractivity contribution in [3.05, 3.63) is 114 Å². The molecule has 0 spiro atoms. The second-order valence-electron chi connectivity index (χ2n) is 9.06. The third kappa shape index (κ3) is 5.57. The third-order valence-electron chi connectivity index (χ3n) is 6.37. The van der Waals surface area contributed by atoms with Crippen LogP contribution in [-0.4, -0.2) is 28.8 Å². The molecular formula is C32H30N2O3. The lowest BCUT2D eigenvalue weighted by Crippen LogP contribution is -2.36. The van der Waals surface area contributed by atoms with Crippen LogP contribution >= 0.6 is 0 Å². The van der Waals surface area contributed by atoms with Gasteiger partial charge in [0.25, 0.3) is 5.91 Å². The van der Waals surface area contributed by atoms with E-state index >= 15 is 0 Å². The monoisotopic (exact) mass is 490 g/mol. The van der Waals surface area contributed by atoms with E-state index in [1.807, 2.05) is 85.9 Å². The van der Waals surface area contributed by atoms with Crippen molar-refractivity contribution in [2.45, 2.75) is 26.0 Å². The number of rotatable bonds is 9. The van der Waals surface area contributed by atoms with Crippen LogP contribution in [0.3, 0.4) is 0 Å². The number of para-hydroxylation sites is 1. The molecule has 1 unspecified atom stereocenters. The molecular weight excluding hydrogens is 460 g/mol. The van der Waals surface area contributed by atoms with Crippen molar-refractivity contribution in [1.82, 2.24) is 10.3 Å². The predicted octanol–water partition coefficient (Wildman–Crippen LogP) is 6.58. The molecule has 0 radical (unpaired) electrons. The minimum Gasteiger partial charge on any atom is -0.493 e. The minimum atomic E-state index is -1.05. The average molecular weight is 491 g/mol. The number of fused-ring (bicyclic) bond motifs is 1. The van der Waals surface area contributed by atoms with Gasteiger partial charge in [0.05, 0.1) is 12.2 Å². The normalized spacial score (nSPS) is 11.8. The first-order chi connectivity index (χ1) is 18.1. The SMILES string of the molecule is CCCOc1ccc(-c2cccc(-c3ccccc3)c2)cc1C(=O)NC(O)Cc1c[nH]c2ccccc12. The summed E-state index contributed by atoms with van der Waals surface area (Å²) in [6, 6.07) is 32.0. The van der Waals surface area contributed by atoms with Crippen molar-refractivity contribution in [3.63, 3.8) is 0 Å². The van der Waals surface area contributed by atoms with E-state index in [4.69, 9.17) is 4.74 Å². The molecule has 0 saturated carbocycles. The topological polar surface area (TPSA) is 74.3 Å². The Morgan fingerprint density at radius 2 is 1.57 bits per heavy atom. The third-order valence-corrected chi connectivity index (χ3v) is 6.37. The van der Waals surface area contributed by atoms with Gasteiger partial charge < -0.3 is 20.1 Å². The van der Waals surface area contributed by atoms with E-state index in [-0.39, 0.29) is 5.91 Å². The minimum absolute atomic E-state index is 0.291. The molecule has 37 heavy (non-hydrogen) atoms. The number of H-pyrrole nitrogens is 1. The van der Waals surface area contributed by atoms with Crippen LogP contribution in [0.25, 0.3) is 33.2 Å². The zero-order chi connectivity index (χ0) is 25.6. The summed E-state index contributed by atoms with van der Waals surface area (Å²) in [5, 5.41) is 14.5. The number of ether oxygens (including phenoxy) is 1. The number of amides is 1. The van der Waals surface area contributed by atoms with Crippen LogP contribution < -0.4 is 10.1 Å². The highest BCUT2D eigenvalue weighted by Gasteiger charge is 2.18. The maximum absolute atomic E-state index is 13.3. The Morgan fingerprint density at radius 3 is 2.38 bits per heavy atom. The summed E-state index contributed by atoms with van der Waals surface area (Å²) >= 11 is 0. The van der Waals surface area contributed by atoms with E-state index in [1.54, 1.807) is 0 Å². The fourth-order valence-electron chi connectivity index (χ4n) is 4.52. The second-order valence-corrected chi connectivity index (χ2v) is 9.06. The van der Waals surface area contributed by atoms with Crippen molar-refractivity contribution in [2.24, 2.45) is 0 Å². The number of aliphatic hydroxyl groups is 1.